The molecule has 0 saturated carbocycles. The molecule has 0 aliphatic carbocycles. The molecular weight excluding hydrogens is 748 g/mol. The summed E-state index contributed by atoms with van der Waals surface area (Å²) in [6, 6.07) is 25.2. The van der Waals surface area contributed by atoms with E-state index in [9.17, 15) is 9.59 Å². The average Bonchev–Trinajstić information content (AvgIpc) is 3.69. The summed E-state index contributed by atoms with van der Waals surface area (Å²) in [6.45, 7) is 0.585. The van der Waals surface area contributed by atoms with Gasteiger partial charge in [-0.05, 0) is 77.9 Å². The molecule has 51 heavy (non-hydrogen) atoms. The highest BCUT2D eigenvalue weighted by Gasteiger charge is 2.35. The number of hydrogen-bond acceptors (Lipinski definition) is 9. The van der Waals surface area contributed by atoms with Gasteiger partial charge in [0, 0.05) is 68.6 Å². The Morgan fingerprint density at radius 1 is 0.765 bits per heavy atom. The number of nitrogens with two attached hydrogens (primary N) is 2. The first kappa shape index (κ1) is 36.7. The van der Waals surface area contributed by atoms with Crippen LogP contribution in [0, 0.1) is 0 Å². The van der Waals surface area contributed by atoms with E-state index in [1.165, 1.54) is 16.2 Å². The van der Waals surface area contributed by atoms with E-state index < -0.39 is 6.04 Å². The molecule has 260 valence electrons. The molecule has 9 nitrogen and oxygen atoms in total. The third kappa shape index (κ3) is 8.85. The fourth-order valence-electron chi connectivity index (χ4n) is 5.61. The summed E-state index contributed by atoms with van der Waals surface area (Å²) >= 11 is 25.7. The van der Waals surface area contributed by atoms with Gasteiger partial charge < -0.3 is 16.8 Å². The fourth-order valence-corrected chi connectivity index (χ4v) is 7.40. The van der Waals surface area contributed by atoms with Gasteiger partial charge in [-0.2, -0.15) is 0 Å². The molecule has 0 unspecified atom stereocenters. The highest BCUT2D eigenvalue weighted by molar-refractivity contribution is 7.18. The van der Waals surface area contributed by atoms with Crippen molar-refractivity contribution < 1.29 is 9.59 Å². The number of anilines is 1. The highest BCUT2D eigenvalue weighted by atomic mass is 35.5. The van der Waals surface area contributed by atoms with Crippen LogP contribution in [0.5, 0.6) is 0 Å². The number of fused-ring (bicyclic) bond motifs is 2. The van der Waals surface area contributed by atoms with Crippen LogP contribution in [0.1, 0.15) is 31.8 Å². The molecule has 0 bridgehead atoms. The lowest BCUT2D eigenvalue weighted by Gasteiger charge is -2.19. The van der Waals surface area contributed by atoms with Crippen molar-refractivity contribution in [2.75, 3.05) is 18.4 Å². The van der Waals surface area contributed by atoms with Gasteiger partial charge in [-0.1, -0.05) is 94.1 Å². The van der Waals surface area contributed by atoms with E-state index in [4.69, 9.17) is 57.9 Å². The SMILES string of the molecule is NC[C@@H](Cc1ccc(Cl)cc1Cl)Nc1nnc(-c2ccc3cnccc3c2)s1.N[C@H](Cc1ccc(Cl)cc1Cl)CN1C(=O)c2ccccc2C1=O. The first-order chi connectivity index (χ1) is 24.6. The molecule has 0 radical (unpaired) electrons. The smallest absolute Gasteiger partial charge is 0.261 e. The minimum atomic E-state index is -0.407. The Morgan fingerprint density at radius 3 is 2.04 bits per heavy atom. The van der Waals surface area contributed by atoms with Crippen molar-refractivity contribution in [3.8, 4) is 10.6 Å². The van der Waals surface area contributed by atoms with E-state index in [1.54, 1.807) is 54.7 Å². The zero-order valence-electron chi connectivity index (χ0n) is 26.9. The summed E-state index contributed by atoms with van der Waals surface area (Å²) < 4.78 is 0. The summed E-state index contributed by atoms with van der Waals surface area (Å²) in [6.07, 6.45) is 4.75. The maximum absolute atomic E-state index is 12.3. The van der Waals surface area contributed by atoms with Gasteiger partial charge in [-0.15, -0.1) is 10.2 Å². The Balaban J connectivity index is 0.000000179. The van der Waals surface area contributed by atoms with Gasteiger partial charge in [0.05, 0.1) is 11.1 Å². The van der Waals surface area contributed by atoms with Crippen molar-refractivity contribution in [1.29, 1.82) is 0 Å². The Labute approximate surface area is 318 Å². The number of aromatic nitrogens is 3. The van der Waals surface area contributed by atoms with Crippen molar-refractivity contribution in [3.63, 3.8) is 0 Å². The van der Waals surface area contributed by atoms with Crippen LogP contribution >= 0.6 is 57.7 Å². The number of carbonyl (C=O) groups excluding carboxylic acids is 2. The summed E-state index contributed by atoms with van der Waals surface area (Å²) in [4.78, 5) is 30.0. The van der Waals surface area contributed by atoms with Crippen LogP contribution in [-0.4, -0.2) is 57.1 Å². The standard InChI is InChI=1S/C20H17Cl2N5S.C17H14Cl2N2O2/c21-16-4-3-13(18(22)9-16)8-17(10-23)25-20-27-26-19(28-20)14-1-2-15-11-24-6-5-12(15)7-14;18-11-6-5-10(15(19)8-11)7-12(20)9-21-16(22)13-3-1-2-4-14(13)17(21)23/h1-7,9,11,17H,8,10,23H2,(H,25,27);1-6,8,12H,7,9,20H2/t17-;12-/m11/s1. The summed E-state index contributed by atoms with van der Waals surface area (Å²) in [5.41, 5.74) is 15.8. The number of amides is 2. The summed E-state index contributed by atoms with van der Waals surface area (Å²) in [7, 11) is 0. The van der Waals surface area contributed by atoms with E-state index >= 15 is 0 Å². The topological polar surface area (TPSA) is 140 Å². The molecular formula is C37H31Cl4N7O2S. The van der Waals surface area contributed by atoms with Gasteiger partial charge >= 0.3 is 0 Å². The van der Waals surface area contributed by atoms with E-state index in [0.29, 0.717) is 50.6 Å². The summed E-state index contributed by atoms with van der Waals surface area (Å²) in [5.74, 6) is -0.605. The molecule has 0 spiro atoms. The van der Waals surface area contributed by atoms with Crippen LogP contribution in [0.3, 0.4) is 0 Å². The van der Waals surface area contributed by atoms with Crippen molar-refractivity contribution in [3.05, 3.63) is 140 Å². The van der Waals surface area contributed by atoms with Crippen molar-refractivity contribution in [2.24, 2.45) is 11.5 Å². The molecule has 2 amide bonds. The van der Waals surface area contributed by atoms with E-state index in [2.05, 4.69) is 26.6 Å². The number of nitrogens with one attached hydrogen (secondary N) is 1. The van der Waals surface area contributed by atoms with Crippen molar-refractivity contribution in [1.82, 2.24) is 20.1 Å². The molecule has 0 saturated heterocycles. The zero-order valence-corrected chi connectivity index (χ0v) is 30.7. The molecule has 14 heteroatoms. The lowest BCUT2D eigenvalue weighted by molar-refractivity contribution is 0.0644. The number of halogens is 4. The van der Waals surface area contributed by atoms with Gasteiger partial charge in [-0.3, -0.25) is 19.5 Å². The quantitative estimate of drug-likeness (QED) is 0.118. The van der Waals surface area contributed by atoms with E-state index in [0.717, 1.165) is 37.6 Å². The number of benzene rings is 4. The van der Waals surface area contributed by atoms with Crippen LogP contribution in [0.15, 0.2) is 97.3 Å². The average molecular weight is 780 g/mol. The molecule has 4 aromatic carbocycles. The lowest BCUT2D eigenvalue weighted by Crippen LogP contribution is -2.41. The second-order valence-corrected chi connectivity index (χ2v) is 14.5. The Kier molecular flexibility index (Phi) is 11.8. The predicted octanol–water partition coefficient (Wildman–Crippen LogP) is 8.20. The minimum Gasteiger partial charge on any atom is -0.356 e. The number of hydrogen-bond donors (Lipinski definition) is 3. The second kappa shape index (κ2) is 16.5. The normalized spacial score (nSPS) is 13.5. The van der Waals surface area contributed by atoms with Gasteiger partial charge in [0.25, 0.3) is 11.8 Å². The lowest BCUT2D eigenvalue weighted by atomic mass is 10.1. The Bertz CT molecular complexity index is 2180. The van der Waals surface area contributed by atoms with Crippen LogP contribution in [0.25, 0.3) is 21.3 Å². The van der Waals surface area contributed by atoms with Gasteiger partial charge in [0.1, 0.15) is 5.01 Å². The fraction of sp³-hybridized carbons (Fsp3) is 0.162. The van der Waals surface area contributed by atoms with Crippen molar-refractivity contribution >= 4 is 85.5 Å². The zero-order chi connectivity index (χ0) is 36.1. The monoisotopic (exact) mass is 777 g/mol. The van der Waals surface area contributed by atoms with Crippen LogP contribution in [0.4, 0.5) is 5.13 Å². The maximum atomic E-state index is 12.3. The van der Waals surface area contributed by atoms with Crippen molar-refractivity contribution in [2.45, 2.75) is 24.9 Å². The number of carbonyl (C=O) groups is 2. The molecule has 0 fully saturated rings. The maximum Gasteiger partial charge on any atom is 0.261 e. The van der Waals surface area contributed by atoms with E-state index in [-0.39, 0.29) is 24.4 Å². The molecule has 3 heterocycles. The van der Waals surface area contributed by atoms with Crippen LogP contribution < -0.4 is 16.8 Å². The number of imide groups is 1. The third-order valence-corrected chi connectivity index (χ3v) is 10.3. The molecule has 7 rings (SSSR count). The van der Waals surface area contributed by atoms with Crippen LogP contribution in [0.2, 0.25) is 20.1 Å². The molecule has 2 aromatic heterocycles. The second-order valence-electron chi connectivity index (χ2n) is 11.8. The molecule has 1 aliphatic heterocycles. The predicted molar refractivity (Wildman–Crippen MR) is 207 cm³/mol. The van der Waals surface area contributed by atoms with Gasteiger partial charge in [0.2, 0.25) is 5.13 Å². The third-order valence-electron chi connectivity index (χ3n) is 8.20. The van der Waals surface area contributed by atoms with Gasteiger partial charge in [-0.25, -0.2) is 0 Å². The number of pyridine rings is 1. The van der Waals surface area contributed by atoms with E-state index in [1.807, 2.05) is 36.5 Å². The molecule has 6 aromatic rings. The Morgan fingerprint density at radius 2 is 1.41 bits per heavy atom. The highest BCUT2D eigenvalue weighted by Crippen LogP contribution is 2.30. The minimum absolute atomic E-state index is 0.0119. The molecule has 1 aliphatic rings. The summed E-state index contributed by atoms with van der Waals surface area (Å²) in [5, 5.41) is 18.1. The largest absolute Gasteiger partial charge is 0.356 e. The first-order valence-corrected chi connectivity index (χ1v) is 18.2. The van der Waals surface area contributed by atoms with Crippen LogP contribution in [-0.2, 0) is 12.8 Å². The molecule has 2 atom stereocenters. The Hall–Kier alpha value is -4.13. The number of rotatable bonds is 10. The molecule has 5 N–H and O–H groups in total. The first-order valence-electron chi connectivity index (χ1n) is 15.8. The van der Waals surface area contributed by atoms with Gasteiger partial charge in [0.15, 0.2) is 0 Å². The number of nitrogens with zero attached hydrogens (tertiary/aromatic N) is 4.